The molecule has 8 heteroatoms. The Bertz CT molecular complexity index is 822. The van der Waals surface area contributed by atoms with E-state index >= 15 is 0 Å². The fourth-order valence-electron chi connectivity index (χ4n) is 3.59. The van der Waals surface area contributed by atoms with Crippen molar-refractivity contribution in [3.8, 4) is 11.3 Å². The largest absolute Gasteiger partial charge is 0.444 e. The Labute approximate surface area is 150 Å². The smallest absolute Gasteiger partial charge is 0.410 e. The Morgan fingerprint density at radius 2 is 2.23 bits per heavy atom. The van der Waals surface area contributed by atoms with Crippen molar-refractivity contribution in [2.45, 2.75) is 18.4 Å². The van der Waals surface area contributed by atoms with E-state index in [1.807, 2.05) is 24.3 Å². The molecule has 1 unspecified atom stereocenters. The van der Waals surface area contributed by atoms with Crippen LogP contribution in [0.25, 0.3) is 11.3 Å². The lowest BCUT2D eigenvalue weighted by Gasteiger charge is -2.38. The van der Waals surface area contributed by atoms with Crippen LogP contribution in [0.4, 0.5) is 15.3 Å². The zero-order valence-corrected chi connectivity index (χ0v) is 14.5. The van der Waals surface area contributed by atoms with Gasteiger partial charge in [0.2, 0.25) is 0 Å². The lowest BCUT2D eigenvalue weighted by Crippen LogP contribution is -2.53. The number of likely N-dealkylation sites (N-methyl/N-ethyl adjacent to an activating group) is 1. The lowest BCUT2D eigenvalue weighted by molar-refractivity contribution is 0.00497. The van der Waals surface area contributed by atoms with Gasteiger partial charge in [-0.2, -0.15) is 0 Å². The number of oxazole rings is 1. The van der Waals surface area contributed by atoms with Crippen molar-refractivity contribution in [3.63, 3.8) is 0 Å². The normalized spacial score (nSPS) is 22.6. The molecule has 0 aliphatic carbocycles. The predicted octanol–water partition coefficient (Wildman–Crippen LogP) is 2.79. The summed E-state index contributed by atoms with van der Waals surface area (Å²) >= 11 is 0. The highest BCUT2D eigenvalue weighted by Crippen LogP contribution is 2.31. The number of ether oxygens (including phenoxy) is 1. The minimum absolute atomic E-state index is 0.204. The van der Waals surface area contributed by atoms with Crippen molar-refractivity contribution < 1.29 is 18.7 Å². The van der Waals surface area contributed by atoms with Gasteiger partial charge in [0.15, 0.2) is 12.2 Å². The Hall–Kier alpha value is -3.03. The van der Waals surface area contributed by atoms with Gasteiger partial charge in [0.25, 0.3) is 0 Å². The van der Waals surface area contributed by atoms with Gasteiger partial charge in [-0.1, -0.05) is 12.1 Å². The van der Waals surface area contributed by atoms with Crippen molar-refractivity contribution in [3.05, 3.63) is 36.9 Å². The lowest BCUT2D eigenvalue weighted by atomic mass is 9.93. The fourth-order valence-corrected chi connectivity index (χ4v) is 3.59. The molecule has 1 spiro atoms. The monoisotopic (exact) mass is 356 g/mol. The van der Waals surface area contributed by atoms with E-state index in [0.717, 1.165) is 18.4 Å². The minimum Gasteiger partial charge on any atom is -0.444 e. The van der Waals surface area contributed by atoms with Crippen LogP contribution in [0.15, 0.2) is 41.3 Å². The summed E-state index contributed by atoms with van der Waals surface area (Å²) in [5.74, 6) is 0.638. The molecule has 136 valence electrons. The average molecular weight is 356 g/mol. The number of carbonyl (C=O) groups is 2. The van der Waals surface area contributed by atoms with Gasteiger partial charge in [-0.05, 0) is 25.0 Å². The quantitative estimate of drug-likeness (QED) is 0.894. The molecule has 4 rings (SSSR count). The number of likely N-dealkylation sites (tertiary alicyclic amines) is 1. The number of hydrogen-bond donors (Lipinski definition) is 1. The Morgan fingerprint density at radius 3 is 2.96 bits per heavy atom. The molecule has 2 saturated heterocycles. The number of benzene rings is 1. The summed E-state index contributed by atoms with van der Waals surface area (Å²) in [6.07, 6.45) is 4.24. The molecule has 3 heterocycles. The number of piperidine rings is 1. The van der Waals surface area contributed by atoms with Crippen LogP contribution in [0.3, 0.4) is 0 Å². The van der Waals surface area contributed by atoms with E-state index in [1.165, 1.54) is 6.39 Å². The van der Waals surface area contributed by atoms with Gasteiger partial charge in [-0.25, -0.2) is 14.6 Å². The zero-order chi connectivity index (χ0) is 18.1. The first-order chi connectivity index (χ1) is 12.5. The second-order valence-electron chi connectivity index (χ2n) is 6.81. The highest BCUT2D eigenvalue weighted by Gasteiger charge is 2.47. The second-order valence-corrected chi connectivity index (χ2v) is 6.81. The summed E-state index contributed by atoms with van der Waals surface area (Å²) in [6, 6.07) is 7.19. The standard InChI is InChI=1S/C18H20N4O4/c1-21-10-18(26-17(21)24)6-3-7-22(11-18)16(23)20-14-5-2-4-13(8-14)15-9-19-12-25-15/h2,4-5,8-9,12H,3,6-7,10-11H2,1H3,(H,20,23). The number of aromatic nitrogens is 1. The molecule has 2 aromatic rings. The summed E-state index contributed by atoms with van der Waals surface area (Å²) in [4.78, 5) is 31.6. The molecule has 3 amide bonds. The van der Waals surface area contributed by atoms with Crippen LogP contribution in [-0.4, -0.2) is 59.2 Å². The van der Waals surface area contributed by atoms with Crippen molar-refractivity contribution in [1.29, 1.82) is 0 Å². The molecule has 2 fully saturated rings. The molecule has 8 nitrogen and oxygen atoms in total. The van der Waals surface area contributed by atoms with Crippen LogP contribution < -0.4 is 5.32 Å². The molecule has 2 aliphatic heterocycles. The van der Waals surface area contributed by atoms with E-state index in [1.54, 1.807) is 23.0 Å². The van der Waals surface area contributed by atoms with Crippen molar-refractivity contribution in [2.75, 3.05) is 32.0 Å². The first-order valence-corrected chi connectivity index (χ1v) is 8.54. The Balaban J connectivity index is 1.45. The third-order valence-corrected chi connectivity index (χ3v) is 4.80. The van der Waals surface area contributed by atoms with Gasteiger partial charge in [-0.15, -0.1) is 0 Å². The van der Waals surface area contributed by atoms with E-state index in [-0.39, 0.29) is 12.1 Å². The number of anilines is 1. The fraction of sp³-hybridized carbons (Fsp3) is 0.389. The average Bonchev–Trinajstić information content (AvgIpc) is 3.24. The maximum absolute atomic E-state index is 12.7. The van der Waals surface area contributed by atoms with Crippen molar-refractivity contribution in [1.82, 2.24) is 14.8 Å². The molecule has 1 aromatic heterocycles. The number of rotatable bonds is 2. The van der Waals surface area contributed by atoms with Gasteiger partial charge in [0, 0.05) is 24.8 Å². The van der Waals surface area contributed by atoms with Crippen molar-refractivity contribution in [2.24, 2.45) is 0 Å². The molecule has 26 heavy (non-hydrogen) atoms. The minimum atomic E-state index is -0.594. The van der Waals surface area contributed by atoms with Crippen LogP contribution in [0.5, 0.6) is 0 Å². The molecule has 2 aliphatic rings. The van der Waals surface area contributed by atoms with Gasteiger partial charge in [0.1, 0.15) is 5.60 Å². The molecular weight excluding hydrogens is 336 g/mol. The molecule has 0 saturated carbocycles. The third-order valence-electron chi connectivity index (χ3n) is 4.80. The number of nitrogens with zero attached hydrogens (tertiary/aromatic N) is 3. The Kier molecular flexibility index (Phi) is 4.02. The first kappa shape index (κ1) is 16.4. The van der Waals surface area contributed by atoms with Gasteiger partial charge in [0.05, 0.1) is 19.3 Å². The van der Waals surface area contributed by atoms with Crippen molar-refractivity contribution >= 4 is 17.8 Å². The number of amides is 3. The van der Waals surface area contributed by atoms with Crippen LogP contribution >= 0.6 is 0 Å². The van der Waals surface area contributed by atoms with Gasteiger partial charge >= 0.3 is 12.1 Å². The molecule has 0 radical (unpaired) electrons. The second kappa shape index (κ2) is 6.36. The first-order valence-electron chi connectivity index (χ1n) is 8.54. The molecule has 1 atom stereocenters. The topological polar surface area (TPSA) is 87.9 Å². The van der Waals surface area contributed by atoms with E-state index in [2.05, 4.69) is 10.3 Å². The zero-order valence-electron chi connectivity index (χ0n) is 14.5. The van der Waals surface area contributed by atoms with E-state index in [0.29, 0.717) is 31.1 Å². The number of nitrogens with one attached hydrogen (secondary N) is 1. The van der Waals surface area contributed by atoms with E-state index in [9.17, 15) is 9.59 Å². The summed E-state index contributed by atoms with van der Waals surface area (Å²) in [7, 11) is 1.71. The SMILES string of the molecule is CN1CC2(CCCN(C(=O)Nc3cccc(-c4cnco4)c3)C2)OC1=O. The third kappa shape index (κ3) is 3.10. The van der Waals surface area contributed by atoms with E-state index < -0.39 is 5.60 Å². The molecule has 1 aromatic carbocycles. The highest BCUT2D eigenvalue weighted by atomic mass is 16.6. The summed E-state index contributed by atoms with van der Waals surface area (Å²) in [5.41, 5.74) is 0.911. The van der Waals surface area contributed by atoms with E-state index in [4.69, 9.17) is 9.15 Å². The van der Waals surface area contributed by atoms with Crippen LogP contribution in [-0.2, 0) is 4.74 Å². The number of urea groups is 1. The predicted molar refractivity (Wildman–Crippen MR) is 93.6 cm³/mol. The molecular formula is C18H20N4O4. The van der Waals surface area contributed by atoms with Gasteiger partial charge in [-0.3, -0.25) is 0 Å². The maximum Gasteiger partial charge on any atom is 0.410 e. The molecule has 1 N–H and O–H groups in total. The van der Waals surface area contributed by atoms with Crippen LogP contribution in [0.2, 0.25) is 0 Å². The summed E-state index contributed by atoms with van der Waals surface area (Å²) < 4.78 is 10.8. The maximum atomic E-state index is 12.7. The number of hydrogen-bond acceptors (Lipinski definition) is 5. The Morgan fingerprint density at radius 1 is 1.35 bits per heavy atom. The number of carbonyl (C=O) groups excluding carboxylic acids is 2. The molecule has 0 bridgehead atoms. The van der Waals surface area contributed by atoms with Crippen LogP contribution in [0, 0.1) is 0 Å². The summed E-state index contributed by atoms with van der Waals surface area (Å²) in [6.45, 7) is 1.55. The highest BCUT2D eigenvalue weighted by molar-refractivity contribution is 5.90. The summed E-state index contributed by atoms with van der Waals surface area (Å²) in [5, 5.41) is 2.91. The van der Waals surface area contributed by atoms with Crippen LogP contribution in [0.1, 0.15) is 12.8 Å². The van der Waals surface area contributed by atoms with Gasteiger partial charge < -0.3 is 24.3 Å².